The molecule has 0 unspecified atom stereocenters. The van der Waals surface area contributed by atoms with E-state index in [1.165, 1.54) is 23.5 Å². The smallest absolute Gasteiger partial charge is 0.319 e. The molecule has 162 valence electrons. The molecule has 0 aliphatic carbocycles. The van der Waals surface area contributed by atoms with Crippen molar-refractivity contribution in [2.24, 2.45) is 0 Å². The monoisotopic (exact) mass is 440 g/mol. The predicted molar refractivity (Wildman–Crippen MR) is 118 cm³/mol. The van der Waals surface area contributed by atoms with Gasteiger partial charge in [0.25, 0.3) is 0 Å². The molecule has 2 aromatic carbocycles. The lowest BCUT2D eigenvalue weighted by atomic mass is 10.2. The Kier molecular flexibility index (Phi) is 7.22. The molecule has 0 bridgehead atoms. The number of benzene rings is 2. The minimum Gasteiger partial charge on any atom is -0.496 e. The van der Waals surface area contributed by atoms with Crippen molar-refractivity contribution in [1.82, 2.24) is 14.6 Å². The first-order valence-electron chi connectivity index (χ1n) is 9.52. The van der Waals surface area contributed by atoms with Gasteiger partial charge in [0.15, 0.2) is 0 Å². The molecule has 0 radical (unpaired) electrons. The first-order chi connectivity index (χ1) is 14.9. The molecule has 1 heterocycles. The lowest BCUT2D eigenvalue weighted by Crippen LogP contribution is -2.28. The Balaban J connectivity index is 1.62. The Morgan fingerprint density at radius 1 is 1.03 bits per heavy atom. The van der Waals surface area contributed by atoms with Gasteiger partial charge in [-0.1, -0.05) is 18.2 Å². The third-order valence-corrected chi connectivity index (χ3v) is 6.43. The fraction of sp³-hybridized carbons (Fsp3) is 0.182. The number of anilines is 1. The molecule has 0 saturated heterocycles. The summed E-state index contributed by atoms with van der Waals surface area (Å²) in [5.41, 5.74) is 2.17. The number of ether oxygens (including phenoxy) is 1. The number of nitrogens with one attached hydrogen (secondary N) is 2. The van der Waals surface area contributed by atoms with E-state index in [0.717, 1.165) is 11.1 Å². The molecule has 0 atom stereocenters. The van der Waals surface area contributed by atoms with Crippen molar-refractivity contribution in [3.05, 3.63) is 84.2 Å². The predicted octanol–water partition coefficient (Wildman–Crippen LogP) is 3.23. The topological polar surface area (TPSA) is 101 Å². The van der Waals surface area contributed by atoms with E-state index in [0.29, 0.717) is 18.0 Å². The van der Waals surface area contributed by atoms with Gasteiger partial charge in [-0.15, -0.1) is 0 Å². The van der Waals surface area contributed by atoms with E-state index in [-0.39, 0.29) is 17.5 Å². The molecule has 0 saturated carbocycles. The van der Waals surface area contributed by atoms with Gasteiger partial charge >= 0.3 is 6.03 Å². The van der Waals surface area contributed by atoms with Crippen LogP contribution >= 0.6 is 0 Å². The number of methoxy groups -OCH3 is 1. The second-order valence-electron chi connectivity index (χ2n) is 6.76. The number of hydrogen-bond acceptors (Lipinski definition) is 5. The Morgan fingerprint density at radius 3 is 2.39 bits per heavy atom. The largest absolute Gasteiger partial charge is 0.496 e. The number of sulfonamides is 1. The van der Waals surface area contributed by atoms with Crippen molar-refractivity contribution in [1.29, 1.82) is 0 Å². The van der Waals surface area contributed by atoms with Crippen LogP contribution in [-0.2, 0) is 23.1 Å². The standard InChI is InChI=1S/C22H24N4O4S/c1-26(16-18-5-3-4-6-21(18)30-2)31(28,29)20-9-7-19(8-10-20)25-22(27)24-15-17-11-13-23-14-12-17/h3-14H,15-16H2,1-2H3,(H2,24,25,27). The molecule has 1 aromatic heterocycles. The molecule has 3 aromatic rings. The maximum atomic E-state index is 12.9. The zero-order chi connectivity index (χ0) is 22.3. The number of nitrogens with zero attached hydrogens (tertiary/aromatic N) is 2. The molecule has 31 heavy (non-hydrogen) atoms. The molecule has 0 aliphatic heterocycles. The highest BCUT2D eigenvalue weighted by Crippen LogP contribution is 2.23. The molecule has 0 aliphatic rings. The molecule has 2 amide bonds. The summed E-state index contributed by atoms with van der Waals surface area (Å²) in [5, 5.41) is 5.42. The minimum atomic E-state index is -3.71. The van der Waals surface area contributed by atoms with Crippen LogP contribution in [0.2, 0.25) is 0 Å². The normalized spacial score (nSPS) is 11.2. The molecular formula is C22H24N4O4S. The molecule has 0 fully saturated rings. The van der Waals surface area contributed by atoms with Crippen molar-refractivity contribution in [3.63, 3.8) is 0 Å². The molecule has 8 nitrogen and oxygen atoms in total. The maximum absolute atomic E-state index is 12.9. The number of carbonyl (C=O) groups is 1. The quantitative estimate of drug-likeness (QED) is 0.560. The van der Waals surface area contributed by atoms with Crippen LogP contribution in [-0.4, -0.2) is 37.9 Å². The van der Waals surface area contributed by atoms with Gasteiger partial charge in [-0.2, -0.15) is 4.31 Å². The van der Waals surface area contributed by atoms with Crippen LogP contribution in [0.4, 0.5) is 10.5 Å². The van der Waals surface area contributed by atoms with Gasteiger partial charge in [-0.25, -0.2) is 13.2 Å². The van der Waals surface area contributed by atoms with Gasteiger partial charge in [0, 0.05) is 43.8 Å². The average Bonchev–Trinajstić information content (AvgIpc) is 2.79. The number of rotatable bonds is 8. The van der Waals surface area contributed by atoms with Gasteiger partial charge in [-0.05, 0) is 48.0 Å². The van der Waals surface area contributed by atoms with Crippen LogP contribution in [0.25, 0.3) is 0 Å². The lowest BCUT2D eigenvalue weighted by molar-refractivity contribution is 0.251. The van der Waals surface area contributed by atoms with Gasteiger partial charge in [-0.3, -0.25) is 4.98 Å². The summed E-state index contributed by atoms with van der Waals surface area (Å²) < 4.78 is 32.4. The second kappa shape index (κ2) is 10.1. The highest BCUT2D eigenvalue weighted by atomic mass is 32.2. The number of urea groups is 1. The highest BCUT2D eigenvalue weighted by molar-refractivity contribution is 7.89. The summed E-state index contributed by atoms with van der Waals surface area (Å²) in [6.45, 7) is 0.526. The van der Waals surface area contributed by atoms with Crippen molar-refractivity contribution < 1.29 is 17.9 Å². The lowest BCUT2D eigenvalue weighted by Gasteiger charge is -2.19. The number of pyridine rings is 1. The number of aromatic nitrogens is 1. The third kappa shape index (κ3) is 5.80. The fourth-order valence-electron chi connectivity index (χ4n) is 2.91. The van der Waals surface area contributed by atoms with Crippen LogP contribution in [0.5, 0.6) is 5.75 Å². The fourth-order valence-corrected chi connectivity index (χ4v) is 4.06. The zero-order valence-electron chi connectivity index (χ0n) is 17.3. The summed E-state index contributed by atoms with van der Waals surface area (Å²) in [4.78, 5) is 16.1. The number of carbonyl (C=O) groups excluding carboxylic acids is 1. The summed E-state index contributed by atoms with van der Waals surface area (Å²) in [6, 6.07) is 16.5. The van der Waals surface area contributed by atoms with E-state index < -0.39 is 10.0 Å². The first kappa shape index (κ1) is 22.3. The number of para-hydroxylation sites is 1. The van der Waals surface area contributed by atoms with E-state index in [1.54, 1.807) is 37.7 Å². The van der Waals surface area contributed by atoms with Crippen LogP contribution < -0.4 is 15.4 Å². The summed E-state index contributed by atoms with van der Waals surface area (Å²) >= 11 is 0. The molecule has 2 N–H and O–H groups in total. The van der Waals surface area contributed by atoms with Crippen LogP contribution in [0.15, 0.2) is 78.0 Å². The average molecular weight is 441 g/mol. The molecule has 9 heteroatoms. The van der Waals surface area contributed by atoms with Gasteiger partial charge < -0.3 is 15.4 Å². The van der Waals surface area contributed by atoms with E-state index in [1.807, 2.05) is 30.3 Å². The first-order valence-corrected chi connectivity index (χ1v) is 11.0. The Bertz CT molecular complexity index is 1120. The summed E-state index contributed by atoms with van der Waals surface area (Å²) in [7, 11) is -0.648. The SMILES string of the molecule is COc1ccccc1CN(C)S(=O)(=O)c1ccc(NC(=O)NCc2ccncc2)cc1. The molecular weight excluding hydrogens is 416 g/mol. The summed E-state index contributed by atoms with van der Waals surface area (Å²) in [6.07, 6.45) is 3.30. The molecule has 0 spiro atoms. The van der Waals surface area contributed by atoms with E-state index >= 15 is 0 Å². The number of amides is 2. The van der Waals surface area contributed by atoms with Crippen molar-refractivity contribution in [2.75, 3.05) is 19.5 Å². The Hall–Kier alpha value is -3.43. The van der Waals surface area contributed by atoms with E-state index in [2.05, 4.69) is 15.6 Å². The Morgan fingerprint density at radius 2 is 1.71 bits per heavy atom. The van der Waals surface area contributed by atoms with Gasteiger partial charge in [0.2, 0.25) is 10.0 Å². The van der Waals surface area contributed by atoms with Crippen LogP contribution in [0, 0.1) is 0 Å². The number of hydrogen-bond donors (Lipinski definition) is 2. The van der Waals surface area contributed by atoms with E-state index in [9.17, 15) is 13.2 Å². The van der Waals surface area contributed by atoms with Crippen LogP contribution in [0.3, 0.4) is 0 Å². The minimum absolute atomic E-state index is 0.132. The van der Waals surface area contributed by atoms with Crippen molar-refractivity contribution in [2.45, 2.75) is 18.0 Å². The maximum Gasteiger partial charge on any atom is 0.319 e. The summed E-state index contributed by atoms with van der Waals surface area (Å²) in [5.74, 6) is 0.627. The van der Waals surface area contributed by atoms with Crippen molar-refractivity contribution >= 4 is 21.7 Å². The second-order valence-corrected chi connectivity index (χ2v) is 8.81. The third-order valence-electron chi connectivity index (χ3n) is 4.61. The van der Waals surface area contributed by atoms with Crippen LogP contribution in [0.1, 0.15) is 11.1 Å². The van der Waals surface area contributed by atoms with Gasteiger partial charge in [0.05, 0.1) is 12.0 Å². The Labute approximate surface area is 181 Å². The molecule has 3 rings (SSSR count). The van der Waals surface area contributed by atoms with E-state index in [4.69, 9.17) is 4.74 Å². The highest BCUT2D eigenvalue weighted by Gasteiger charge is 2.22. The van der Waals surface area contributed by atoms with Gasteiger partial charge in [0.1, 0.15) is 5.75 Å². The zero-order valence-corrected chi connectivity index (χ0v) is 18.1. The van der Waals surface area contributed by atoms with Crippen molar-refractivity contribution in [3.8, 4) is 5.75 Å².